The van der Waals surface area contributed by atoms with E-state index in [1.165, 1.54) is 24.4 Å². The van der Waals surface area contributed by atoms with E-state index in [1.807, 2.05) is 12.3 Å². The van der Waals surface area contributed by atoms with E-state index in [0.717, 1.165) is 40.8 Å². The van der Waals surface area contributed by atoms with Gasteiger partial charge in [-0.05, 0) is 37.7 Å². The maximum Gasteiger partial charge on any atom is 0.149 e. The number of hydrogen-bond acceptors (Lipinski definition) is 7. The Balaban J connectivity index is 1.67. The highest BCUT2D eigenvalue weighted by atomic mass is 32.1. The zero-order valence-electron chi connectivity index (χ0n) is 11.4. The number of nitrogens with zero attached hydrogens (tertiary/aromatic N) is 2. The number of nitrogens with two attached hydrogens (primary N) is 1. The van der Waals surface area contributed by atoms with E-state index in [-0.39, 0.29) is 0 Å². The van der Waals surface area contributed by atoms with Gasteiger partial charge in [0.2, 0.25) is 0 Å². The average molecular weight is 310 g/mol. The van der Waals surface area contributed by atoms with E-state index in [1.54, 1.807) is 11.3 Å². The molecule has 0 aromatic carbocycles. The molecule has 5 nitrogen and oxygen atoms in total. The van der Waals surface area contributed by atoms with Gasteiger partial charge in [0, 0.05) is 24.2 Å². The Labute approximate surface area is 126 Å². The second-order valence-electron chi connectivity index (χ2n) is 4.92. The van der Waals surface area contributed by atoms with Crippen molar-refractivity contribution in [2.75, 3.05) is 24.2 Å². The lowest BCUT2D eigenvalue weighted by molar-refractivity contribution is 0.107. The molecule has 2 aromatic rings. The summed E-state index contributed by atoms with van der Waals surface area (Å²) in [7, 11) is 0. The third kappa shape index (κ3) is 2.94. The minimum Gasteiger partial charge on any atom is -0.382 e. The summed E-state index contributed by atoms with van der Waals surface area (Å²) in [4.78, 5) is 4.50. The molecular weight excluding hydrogens is 292 g/mol. The molecule has 0 radical (unpaired) electrons. The van der Waals surface area contributed by atoms with Gasteiger partial charge in [0.15, 0.2) is 0 Å². The van der Waals surface area contributed by atoms with Crippen LogP contribution in [0.3, 0.4) is 0 Å². The lowest BCUT2D eigenvalue weighted by Gasteiger charge is -2.10. The van der Waals surface area contributed by atoms with Crippen molar-refractivity contribution < 1.29 is 4.74 Å². The molecule has 3 N–H and O–H groups in total. The highest BCUT2D eigenvalue weighted by molar-refractivity contribution is 7.15. The topological polar surface area (TPSA) is 73.1 Å². The van der Waals surface area contributed by atoms with Crippen molar-refractivity contribution in [2.24, 2.45) is 0 Å². The standard InChI is InChI=1S/C13H18N4OS2/c1-8-7-19-13(16-8)10-11(14)17-20-12(10)15-5-4-9-3-2-6-18-9/h7,9,15H,2-6H2,1H3,(H2,14,17). The van der Waals surface area contributed by atoms with Crippen LogP contribution in [0.2, 0.25) is 0 Å². The lowest BCUT2D eigenvalue weighted by Crippen LogP contribution is -2.12. The number of thiazole rings is 1. The lowest BCUT2D eigenvalue weighted by atomic mass is 10.2. The van der Waals surface area contributed by atoms with Crippen LogP contribution in [0.15, 0.2) is 5.38 Å². The second kappa shape index (κ2) is 6.07. The van der Waals surface area contributed by atoms with Crippen molar-refractivity contribution in [3.8, 4) is 10.6 Å². The fourth-order valence-electron chi connectivity index (χ4n) is 2.32. The summed E-state index contributed by atoms with van der Waals surface area (Å²) >= 11 is 3.01. The van der Waals surface area contributed by atoms with Crippen LogP contribution in [-0.4, -0.2) is 28.6 Å². The van der Waals surface area contributed by atoms with Crippen molar-refractivity contribution in [3.05, 3.63) is 11.1 Å². The molecule has 108 valence electrons. The summed E-state index contributed by atoms with van der Waals surface area (Å²) in [5.41, 5.74) is 7.94. The van der Waals surface area contributed by atoms with Crippen LogP contribution >= 0.6 is 22.9 Å². The Bertz CT molecular complexity index is 575. The number of rotatable bonds is 5. The maximum atomic E-state index is 5.98. The molecule has 1 atom stereocenters. The van der Waals surface area contributed by atoms with E-state index >= 15 is 0 Å². The summed E-state index contributed by atoms with van der Waals surface area (Å²) < 4.78 is 9.87. The summed E-state index contributed by atoms with van der Waals surface area (Å²) in [5.74, 6) is 0.559. The highest BCUT2D eigenvalue weighted by Gasteiger charge is 2.18. The smallest absolute Gasteiger partial charge is 0.149 e. The molecule has 3 rings (SSSR count). The van der Waals surface area contributed by atoms with Gasteiger partial charge in [0.05, 0.1) is 11.7 Å². The number of ether oxygens (including phenoxy) is 1. The Morgan fingerprint density at radius 2 is 2.45 bits per heavy atom. The Morgan fingerprint density at radius 3 is 3.15 bits per heavy atom. The molecule has 1 unspecified atom stereocenters. The first-order valence-electron chi connectivity index (χ1n) is 6.77. The van der Waals surface area contributed by atoms with Gasteiger partial charge in [0.1, 0.15) is 15.8 Å². The fraction of sp³-hybridized carbons (Fsp3) is 0.538. The number of nitrogens with one attached hydrogen (secondary N) is 1. The number of anilines is 2. The van der Waals surface area contributed by atoms with Crippen molar-refractivity contribution in [1.29, 1.82) is 0 Å². The molecule has 0 bridgehead atoms. The van der Waals surface area contributed by atoms with Crippen molar-refractivity contribution in [3.63, 3.8) is 0 Å². The molecular formula is C13H18N4OS2. The predicted molar refractivity (Wildman–Crippen MR) is 84.5 cm³/mol. The number of hydrogen-bond donors (Lipinski definition) is 2. The van der Waals surface area contributed by atoms with E-state index in [2.05, 4.69) is 14.7 Å². The van der Waals surface area contributed by atoms with Crippen LogP contribution in [0.1, 0.15) is 25.0 Å². The summed E-state index contributed by atoms with van der Waals surface area (Å²) in [6.45, 7) is 3.77. The van der Waals surface area contributed by atoms with Crippen molar-refractivity contribution in [1.82, 2.24) is 9.36 Å². The van der Waals surface area contributed by atoms with Gasteiger partial charge in [-0.3, -0.25) is 0 Å². The minimum absolute atomic E-state index is 0.401. The van der Waals surface area contributed by atoms with Crippen LogP contribution in [0.4, 0.5) is 10.8 Å². The van der Waals surface area contributed by atoms with E-state index in [9.17, 15) is 0 Å². The molecule has 1 fully saturated rings. The second-order valence-corrected chi connectivity index (χ2v) is 6.55. The zero-order chi connectivity index (χ0) is 13.9. The van der Waals surface area contributed by atoms with Crippen LogP contribution in [0.25, 0.3) is 10.6 Å². The van der Waals surface area contributed by atoms with Gasteiger partial charge >= 0.3 is 0 Å². The van der Waals surface area contributed by atoms with Crippen LogP contribution in [-0.2, 0) is 4.74 Å². The first-order valence-corrected chi connectivity index (χ1v) is 8.42. The van der Waals surface area contributed by atoms with Gasteiger partial charge < -0.3 is 15.8 Å². The summed E-state index contributed by atoms with van der Waals surface area (Å²) in [6.07, 6.45) is 3.78. The van der Waals surface area contributed by atoms with Crippen LogP contribution in [0, 0.1) is 6.92 Å². The normalized spacial score (nSPS) is 18.6. The molecule has 0 saturated carbocycles. The van der Waals surface area contributed by atoms with E-state index in [0.29, 0.717) is 11.9 Å². The van der Waals surface area contributed by atoms with Gasteiger partial charge in [-0.15, -0.1) is 11.3 Å². The molecule has 0 spiro atoms. The maximum absolute atomic E-state index is 5.98. The Kier molecular flexibility index (Phi) is 4.18. The quantitative estimate of drug-likeness (QED) is 0.887. The highest BCUT2D eigenvalue weighted by Crippen LogP contribution is 2.38. The van der Waals surface area contributed by atoms with E-state index in [4.69, 9.17) is 10.5 Å². The SMILES string of the molecule is Cc1csc(-c2c(N)nsc2NCCC2CCCO2)n1. The van der Waals surface area contributed by atoms with Gasteiger partial charge in [-0.1, -0.05) is 0 Å². The average Bonchev–Trinajstić information content (AvgIpc) is 3.12. The van der Waals surface area contributed by atoms with Crippen molar-refractivity contribution >= 4 is 33.7 Å². The zero-order valence-corrected chi connectivity index (χ0v) is 13.0. The third-order valence-corrected chi connectivity index (χ3v) is 5.12. The van der Waals surface area contributed by atoms with Crippen molar-refractivity contribution in [2.45, 2.75) is 32.3 Å². The molecule has 1 aliphatic heterocycles. The molecule has 2 aromatic heterocycles. The molecule has 1 aliphatic rings. The summed E-state index contributed by atoms with van der Waals surface area (Å²) in [6, 6.07) is 0. The van der Waals surface area contributed by atoms with Gasteiger partial charge in [-0.2, -0.15) is 4.37 Å². The minimum atomic E-state index is 0.401. The first kappa shape index (κ1) is 13.8. The molecule has 20 heavy (non-hydrogen) atoms. The monoisotopic (exact) mass is 310 g/mol. The molecule has 7 heteroatoms. The summed E-state index contributed by atoms with van der Waals surface area (Å²) in [5, 5.41) is 7.41. The van der Waals surface area contributed by atoms with Crippen LogP contribution < -0.4 is 11.1 Å². The molecule has 0 aliphatic carbocycles. The molecule has 3 heterocycles. The van der Waals surface area contributed by atoms with Crippen LogP contribution in [0.5, 0.6) is 0 Å². The fourth-order valence-corrected chi connectivity index (χ4v) is 3.98. The molecule has 0 amide bonds. The first-order chi connectivity index (χ1) is 9.74. The Morgan fingerprint density at radius 1 is 1.55 bits per heavy atom. The number of aromatic nitrogens is 2. The number of nitrogen functional groups attached to an aromatic ring is 1. The number of aryl methyl sites for hydroxylation is 1. The predicted octanol–water partition coefficient (Wildman–Crippen LogP) is 3.14. The third-order valence-electron chi connectivity index (χ3n) is 3.33. The van der Waals surface area contributed by atoms with Gasteiger partial charge in [-0.25, -0.2) is 4.98 Å². The van der Waals surface area contributed by atoms with E-state index < -0.39 is 0 Å². The largest absolute Gasteiger partial charge is 0.382 e. The Hall–Kier alpha value is -1.18. The van der Waals surface area contributed by atoms with Gasteiger partial charge in [0.25, 0.3) is 0 Å². The molecule has 1 saturated heterocycles.